The molecule has 0 saturated heterocycles. The second-order valence-electron chi connectivity index (χ2n) is 3.62. The standard InChI is InChI=1S/C10H16N4O4/c1-3-7-12-9(14-13-7)10(17)11-5-6(18-2)4-8(15)16/h6H,3-5H2,1-2H3,(H,11,17)(H,15,16)(H,12,13,14). The zero-order valence-electron chi connectivity index (χ0n) is 10.3. The Hall–Kier alpha value is -1.96. The molecule has 1 unspecified atom stereocenters. The maximum Gasteiger partial charge on any atom is 0.306 e. The van der Waals surface area contributed by atoms with E-state index in [0.717, 1.165) is 0 Å². The fourth-order valence-electron chi connectivity index (χ4n) is 1.27. The highest BCUT2D eigenvalue weighted by Crippen LogP contribution is 1.97. The average Bonchev–Trinajstić information content (AvgIpc) is 2.82. The van der Waals surface area contributed by atoms with Crippen LogP contribution in [0.3, 0.4) is 0 Å². The molecule has 1 amide bonds. The van der Waals surface area contributed by atoms with Gasteiger partial charge in [-0.15, -0.1) is 5.10 Å². The van der Waals surface area contributed by atoms with Crippen LogP contribution in [0.1, 0.15) is 29.8 Å². The predicted molar refractivity (Wildman–Crippen MR) is 61.1 cm³/mol. The van der Waals surface area contributed by atoms with Crippen molar-refractivity contribution in [2.45, 2.75) is 25.9 Å². The number of carbonyl (C=O) groups excluding carboxylic acids is 1. The summed E-state index contributed by atoms with van der Waals surface area (Å²) in [4.78, 5) is 26.1. The molecule has 100 valence electrons. The Morgan fingerprint density at radius 1 is 1.56 bits per heavy atom. The first-order valence-corrected chi connectivity index (χ1v) is 5.50. The predicted octanol–water partition coefficient (Wildman–Crippen LogP) is -0.413. The zero-order valence-corrected chi connectivity index (χ0v) is 10.3. The lowest BCUT2D eigenvalue weighted by atomic mass is 10.2. The second-order valence-corrected chi connectivity index (χ2v) is 3.62. The van der Waals surface area contributed by atoms with Gasteiger partial charge in [0.25, 0.3) is 5.91 Å². The van der Waals surface area contributed by atoms with Crippen LogP contribution in [0.2, 0.25) is 0 Å². The van der Waals surface area contributed by atoms with Crippen molar-refractivity contribution < 1.29 is 19.4 Å². The molecule has 0 aliphatic rings. The molecule has 1 aromatic heterocycles. The van der Waals surface area contributed by atoms with Gasteiger partial charge < -0.3 is 15.2 Å². The summed E-state index contributed by atoms with van der Waals surface area (Å²) >= 11 is 0. The highest BCUT2D eigenvalue weighted by atomic mass is 16.5. The first-order chi connectivity index (χ1) is 8.56. The van der Waals surface area contributed by atoms with E-state index in [1.165, 1.54) is 7.11 Å². The fourth-order valence-corrected chi connectivity index (χ4v) is 1.27. The van der Waals surface area contributed by atoms with Gasteiger partial charge in [0.2, 0.25) is 5.82 Å². The Bertz CT molecular complexity index is 418. The number of rotatable bonds is 7. The smallest absolute Gasteiger partial charge is 0.306 e. The Morgan fingerprint density at radius 3 is 2.78 bits per heavy atom. The van der Waals surface area contributed by atoms with Crippen molar-refractivity contribution in [3.63, 3.8) is 0 Å². The second kappa shape index (κ2) is 6.70. The number of nitrogens with zero attached hydrogens (tertiary/aromatic N) is 2. The third kappa shape index (κ3) is 4.13. The van der Waals surface area contributed by atoms with E-state index in [4.69, 9.17) is 9.84 Å². The number of aromatic nitrogens is 3. The minimum Gasteiger partial charge on any atom is -0.481 e. The quantitative estimate of drug-likeness (QED) is 0.610. The maximum atomic E-state index is 11.6. The number of aliphatic carboxylic acids is 1. The Labute approximate surface area is 104 Å². The number of aryl methyl sites for hydroxylation is 1. The summed E-state index contributed by atoms with van der Waals surface area (Å²) in [7, 11) is 1.39. The number of carboxylic acids is 1. The number of amides is 1. The molecule has 1 atom stereocenters. The minimum atomic E-state index is -0.984. The van der Waals surface area contributed by atoms with E-state index < -0.39 is 18.0 Å². The van der Waals surface area contributed by atoms with Gasteiger partial charge >= 0.3 is 5.97 Å². The highest BCUT2D eigenvalue weighted by Gasteiger charge is 2.16. The number of nitrogens with one attached hydrogen (secondary N) is 2. The van der Waals surface area contributed by atoms with Gasteiger partial charge in [0.1, 0.15) is 5.82 Å². The first kappa shape index (κ1) is 14.1. The molecule has 0 bridgehead atoms. The summed E-state index contributed by atoms with van der Waals surface area (Å²) in [5.41, 5.74) is 0. The molecule has 8 nitrogen and oxygen atoms in total. The molecule has 1 aromatic rings. The molecule has 8 heteroatoms. The molecule has 0 spiro atoms. The minimum absolute atomic E-state index is 0.0389. The van der Waals surface area contributed by atoms with Crippen molar-refractivity contribution in [3.05, 3.63) is 11.6 Å². The Kier molecular flexibility index (Phi) is 5.25. The zero-order chi connectivity index (χ0) is 13.5. The van der Waals surface area contributed by atoms with Crippen molar-refractivity contribution in [1.29, 1.82) is 0 Å². The van der Waals surface area contributed by atoms with Crippen LogP contribution in [0.15, 0.2) is 0 Å². The van der Waals surface area contributed by atoms with Crippen LogP contribution in [-0.2, 0) is 16.0 Å². The molecule has 0 aromatic carbocycles. The lowest BCUT2D eigenvalue weighted by Crippen LogP contribution is -2.35. The SMILES string of the molecule is CCc1nc(C(=O)NCC(CC(=O)O)OC)n[nH]1. The number of carbonyl (C=O) groups is 2. The van der Waals surface area contributed by atoms with E-state index in [-0.39, 0.29) is 18.8 Å². The van der Waals surface area contributed by atoms with Gasteiger partial charge in [-0.05, 0) is 0 Å². The molecule has 0 aliphatic carbocycles. The van der Waals surface area contributed by atoms with Crippen molar-refractivity contribution in [3.8, 4) is 0 Å². The summed E-state index contributed by atoms with van der Waals surface area (Å²) in [5.74, 6) is -0.786. The van der Waals surface area contributed by atoms with Crippen LogP contribution in [0.4, 0.5) is 0 Å². The van der Waals surface area contributed by atoms with E-state index in [2.05, 4.69) is 20.5 Å². The van der Waals surface area contributed by atoms with Crippen LogP contribution in [-0.4, -0.2) is 51.9 Å². The lowest BCUT2D eigenvalue weighted by Gasteiger charge is -2.12. The number of hydrogen-bond donors (Lipinski definition) is 3. The number of aromatic amines is 1. The number of hydrogen-bond acceptors (Lipinski definition) is 5. The third-order valence-corrected chi connectivity index (χ3v) is 2.30. The normalized spacial score (nSPS) is 12.1. The summed E-state index contributed by atoms with van der Waals surface area (Å²) in [6.45, 7) is 1.98. The summed E-state index contributed by atoms with van der Waals surface area (Å²) in [5, 5.41) is 17.5. The van der Waals surface area contributed by atoms with Crippen LogP contribution < -0.4 is 5.32 Å². The molecule has 1 heterocycles. The molecule has 0 fully saturated rings. The van der Waals surface area contributed by atoms with E-state index >= 15 is 0 Å². The number of methoxy groups -OCH3 is 1. The molecule has 3 N–H and O–H groups in total. The lowest BCUT2D eigenvalue weighted by molar-refractivity contribution is -0.139. The van der Waals surface area contributed by atoms with E-state index in [9.17, 15) is 9.59 Å². The van der Waals surface area contributed by atoms with Crippen LogP contribution in [0, 0.1) is 0 Å². The van der Waals surface area contributed by atoms with E-state index in [1.54, 1.807) is 0 Å². The average molecular weight is 256 g/mol. The molecular weight excluding hydrogens is 240 g/mol. The van der Waals surface area contributed by atoms with E-state index in [1.807, 2.05) is 6.92 Å². The van der Waals surface area contributed by atoms with Gasteiger partial charge in [0.05, 0.1) is 12.5 Å². The number of ether oxygens (including phenoxy) is 1. The van der Waals surface area contributed by atoms with Gasteiger partial charge in [0, 0.05) is 20.1 Å². The fraction of sp³-hybridized carbons (Fsp3) is 0.600. The molecule has 0 saturated carbocycles. The van der Waals surface area contributed by atoms with Gasteiger partial charge in [0.15, 0.2) is 0 Å². The van der Waals surface area contributed by atoms with Crippen molar-refractivity contribution in [2.75, 3.05) is 13.7 Å². The van der Waals surface area contributed by atoms with E-state index in [0.29, 0.717) is 12.2 Å². The molecule has 1 rings (SSSR count). The molecular formula is C10H16N4O4. The molecule has 0 aliphatic heterocycles. The van der Waals surface area contributed by atoms with Gasteiger partial charge in [-0.2, -0.15) is 0 Å². The molecule has 0 radical (unpaired) electrons. The van der Waals surface area contributed by atoms with Gasteiger partial charge in [-0.1, -0.05) is 6.92 Å². The first-order valence-electron chi connectivity index (χ1n) is 5.50. The topological polar surface area (TPSA) is 117 Å². The van der Waals surface area contributed by atoms with Crippen LogP contribution >= 0.6 is 0 Å². The number of H-pyrrole nitrogens is 1. The maximum absolute atomic E-state index is 11.6. The van der Waals surface area contributed by atoms with Crippen LogP contribution in [0.5, 0.6) is 0 Å². The van der Waals surface area contributed by atoms with Crippen molar-refractivity contribution in [2.24, 2.45) is 0 Å². The summed E-state index contributed by atoms with van der Waals surface area (Å²) < 4.78 is 4.93. The Morgan fingerprint density at radius 2 is 2.28 bits per heavy atom. The summed E-state index contributed by atoms with van der Waals surface area (Å²) in [6.07, 6.45) is -0.0960. The van der Waals surface area contributed by atoms with Crippen molar-refractivity contribution in [1.82, 2.24) is 20.5 Å². The third-order valence-electron chi connectivity index (χ3n) is 2.30. The highest BCUT2D eigenvalue weighted by molar-refractivity contribution is 5.90. The largest absolute Gasteiger partial charge is 0.481 e. The summed E-state index contributed by atoms with van der Waals surface area (Å²) in [6, 6.07) is 0. The molecule has 18 heavy (non-hydrogen) atoms. The monoisotopic (exact) mass is 256 g/mol. The Balaban J connectivity index is 2.46. The van der Waals surface area contributed by atoms with Gasteiger partial charge in [-0.25, -0.2) is 4.98 Å². The number of carboxylic acid groups (broad SMARTS) is 1. The van der Waals surface area contributed by atoms with Gasteiger partial charge in [-0.3, -0.25) is 14.7 Å². The van der Waals surface area contributed by atoms with Crippen molar-refractivity contribution >= 4 is 11.9 Å². The van der Waals surface area contributed by atoms with Crippen LogP contribution in [0.25, 0.3) is 0 Å².